The van der Waals surface area contributed by atoms with Crippen molar-refractivity contribution < 1.29 is 18.1 Å². The van der Waals surface area contributed by atoms with Gasteiger partial charge in [-0.1, -0.05) is 24.8 Å². The third-order valence-corrected chi connectivity index (χ3v) is 4.17. The topological polar surface area (TPSA) is 98.5 Å². The SMILES string of the molecule is C=CCOc1cccc(NS(=O)(=O)c2cccc([N+](=O)[O-])c2)c1. The van der Waals surface area contributed by atoms with Gasteiger partial charge < -0.3 is 4.74 Å². The van der Waals surface area contributed by atoms with E-state index >= 15 is 0 Å². The number of anilines is 1. The molecule has 8 heteroatoms. The van der Waals surface area contributed by atoms with Crippen molar-refractivity contribution in [2.24, 2.45) is 0 Å². The molecule has 0 radical (unpaired) electrons. The Kier molecular flexibility index (Phi) is 4.97. The summed E-state index contributed by atoms with van der Waals surface area (Å²) in [7, 11) is -3.94. The minimum absolute atomic E-state index is 0.191. The standard InChI is InChI=1S/C15H14N2O5S/c1-2-9-22-14-7-3-5-12(10-14)16-23(20,21)15-8-4-6-13(11-15)17(18)19/h2-8,10-11,16H,1,9H2. The quantitative estimate of drug-likeness (QED) is 0.477. The summed E-state index contributed by atoms with van der Waals surface area (Å²) in [6.45, 7) is 3.82. The van der Waals surface area contributed by atoms with Gasteiger partial charge in [0.25, 0.3) is 15.7 Å². The average molecular weight is 334 g/mol. The molecule has 0 aliphatic heterocycles. The van der Waals surface area contributed by atoms with Gasteiger partial charge >= 0.3 is 0 Å². The second kappa shape index (κ2) is 6.93. The molecule has 0 spiro atoms. The molecule has 0 bridgehead atoms. The second-order valence-corrected chi connectivity index (χ2v) is 6.17. The number of hydrogen-bond acceptors (Lipinski definition) is 5. The number of non-ortho nitro benzene ring substituents is 1. The molecule has 0 atom stereocenters. The molecule has 0 unspecified atom stereocenters. The van der Waals surface area contributed by atoms with Crippen LogP contribution in [0, 0.1) is 10.1 Å². The molecule has 0 aliphatic carbocycles. The van der Waals surface area contributed by atoms with Gasteiger partial charge in [0.2, 0.25) is 0 Å². The molecular formula is C15H14N2O5S. The first-order chi connectivity index (χ1) is 10.9. The Morgan fingerprint density at radius 3 is 2.65 bits per heavy atom. The van der Waals surface area contributed by atoms with E-state index in [-0.39, 0.29) is 16.3 Å². The lowest BCUT2D eigenvalue weighted by molar-refractivity contribution is -0.385. The van der Waals surface area contributed by atoms with E-state index in [1.807, 2.05) is 0 Å². The molecule has 0 saturated heterocycles. The molecule has 0 saturated carbocycles. The van der Waals surface area contributed by atoms with E-state index in [0.717, 1.165) is 6.07 Å². The highest BCUT2D eigenvalue weighted by Crippen LogP contribution is 2.23. The predicted molar refractivity (Wildman–Crippen MR) is 86.0 cm³/mol. The van der Waals surface area contributed by atoms with E-state index < -0.39 is 14.9 Å². The highest BCUT2D eigenvalue weighted by molar-refractivity contribution is 7.92. The molecule has 7 nitrogen and oxygen atoms in total. The Balaban J connectivity index is 2.26. The van der Waals surface area contributed by atoms with Crippen LogP contribution in [0.25, 0.3) is 0 Å². The van der Waals surface area contributed by atoms with Gasteiger partial charge in [-0.3, -0.25) is 14.8 Å². The van der Waals surface area contributed by atoms with E-state index in [9.17, 15) is 18.5 Å². The number of ether oxygens (including phenoxy) is 1. The fraction of sp³-hybridized carbons (Fsp3) is 0.0667. The van der Waals surface area contributed by atoms with Crippen molar-refractivity contribution in [3.63, 3.8) is 0 Å². The first-order valence-electron chi connectivity index (χ1n) is 6.53. The average Bonchev–Trinajstić information content (AvgIpc) is 2.53. The van der Waals surface area contributed by atoms with Gasteiger partial charge in [-0.15, -0.1) is 0 Å². The molecule has 1 N–H and O–H groups in total. The number of benzene rings is 2. The van der Waals surface area contributed by atoms with Crippen molar-refractivity contribution in [3.05, 3.63) is 71.3 Å². The Hall–Kier alpha value is -2.87. The van der Waals surface area contributed by atoms with Crippen LogP contribution < -0.4 is 9.46 Å². The highest BCUT2D eigenvalue weighted by atomic mass is 32.2. The van der Waals surface area contributed by atoms with E-state index in [0.29, 0.717) is 12.4 Å². The maximum absolute atomic E-state index is 12.3. The number of hydrogen-bond donors (Lipinski definition) is 1. The third-order valence-electron chi connectivity index (χ3n) is 2.79. The Labute approximate surface area is 133 Å². The lowest BCUT2D eigenvalue weighted by Gasteiger charge is -2.10. The van der Waals surface area contributed by atoms with Gasteiger partial charge in [0, 0.05) is 18.2 Å². The summed E-state index contributed by atoms with van der Waals surface area (Å²) >= 11 is 0. The van der Waals surface area contributed by atoms with Gasteiger partial charge in [-0.2, -0.15) is 0 Å². The van der Waals surface area contributed by atoms with Crippen molar-refractivity contribution in [2.75, 3.05) is 11.3 Å². The molecular weight excluding hydrogens is 320 g/mol. The van der Waals surface area contributed by atoms with Gasteiger partial charge in [0.1, 0.15) is 12.4 Å². The van der Waals surface area contributed by atoms with Crippen molar-refractivity contribution in [2.45, 2.75) is 4.90 Å². The van der Waals surface area contributed by atoms with Crippen LogP contribution in [0.4, 0.5) is 11.4 Å². The fourth-order valence-corrected chi connectivity index (χ4v) is 2.87. The van der Waals surface area contributed by atoms with Crippen LogP contribution in [0.5, 0.6) is 5.75 Å². The highest BCUT2D eigenvalue weighted by Gasteiger charge is 2.17. The van der Waals surface area contributed by atoms with Gasteiger partial charge in [-0.25, -0.2) is 8.42 Å². The first-order valence-corrected chi connectivity index (χ1v) is 8.02. The maximum Gasteiger partial charge on any atom is 0.270 e. The molecule has 2 aromatic carbocycles. The van der Waals surface area contributed by atoms with Crippen LogP contribution in [-0.4, -0.2) is 19.9 Å². The van der Waals surface area contributed by atoms with E-state index in [2.05, 4.69) is 11.3 Å². The molecule has 0 aliphatic rings. The lowest BCUT2D eigenvalue weighted by Crippen LogP contribution is -2.13. The largest absolute Gasteiger partial charge is 0.489 e. The zero-order chi connectivity index (χ0) is 16.9. The van der Waals surface area contributed by atoms with E-state index in [1.54, 1.807) is 24.3 Å². The molecule has 2 aromatic rings. The summed E-state index contributed by atoms with van der Waals surface area (Å²) < 4.78 is 32.3. The number of nitro benzene ring substituents is 1. The molecule has 120 valence electrons. The minimum Gasteiger partial charge on any atom is -0.489 e. The van der Waals surface area contributed by atoms with Crippen molar-refractivity contribution in [1.82, 2.24) is 0 Å². The van der Waals surface area contributed by atoms with Crippen molar-refractivity contribution in [1.29, 1.82) is 0 Å². The van der Waals surface area contributed by atoms with Crippen molar-refractivity contribution >= 4 is 21.4 Å². The number of nitrogens with one attached hydrogen (secondary N) is 1. The van der Waals surface area contributed by atoms with Crippen LogP contribution in [0.1, 0.15) is 0 Å². The zero-order valence-corrected chi connectivity index (χ0v) is 12.8. The summed E-state index contributed by atoms with van der Waals surface area (Å²) in [5.41, 5.74) is -0.00555. The summed E-state index contributed by atoms with van der Waals surface area (Å²) in [6, 6.07) is 11.2. The summed E-state index contributed by atoms with van der Waals surface area (Å²) in [4.78, 5) is 9.91. The zero-order valence-electron chi connectivity index (χ0n) is 12.0. The number of rotatable bonds is 7. The molecule has 0 heterocycles. The molecule has 2 rings (SSSR count). The van der Waals surface area contributed by atoms with Crippen LogP contribution in [0.2, 0.25) is 0 Å². The smallest absolute Gasteiger partial charge is 0.270 e. The molecule has 0 aromatic heterocycles. The summed E-state index contributed by atoms with van der Waals surface area (Å²) in [6.07, 6.45) is 1.57. The van der Waals surface area contributed by atoms with Crippen LogP contribution in [0.15, 0.2) is 66.1 Å². The number of nitro groups is 1. The predicted octanol–water partition coefficient (Wildman–Crippen LogP) is 2.96. The number of nitrogens with zero attached hydrogens (tertiary/aromatic N) is 1. The van der Waals surface area contributed by atoms with Gasteiger partial charge in [0.05, 0.1) is 15.5 Å². The molecule has 0 amide bonds. The van der Waals surface area contributed by atoms with Gasteiger partial charge in [-0.05, 0) is 18.2 Å². The van der Waals surface area contributed by atoms with E-state index in [4.69, 9.17) is 4.74 Å². The third kappa shape index (κ3) is 4.30. The first kappa shape index (κ1) is 16.5. The Morgan fingerprint density at radius 1 is 1.22 bits per heavy atom. The maximum atomic E-state index is 12.3. The fourth-order valence-electron chi connectivity index (χ4n) is 1.78. The summed E-state index contributed by atoms with van der Waals surface area (Å²) in [5.74, 6) is 0.476. The monoisotopic (exact) mass is 334 g/mol. The minimum atomic E-state index is -3.94. The Morgan fingerprint density at radius 2 is 1.96 bits per heavy atom. The van der Waals surface area contributed by atoms with Gasteiger partial charge in [0.15, 0.2) is 0 Å². The normalized spacial score (nSPS) is 10.8. The second-order valence-electron chi connectivity index (χ2n) is 4.49. The molecule has 0 fully saturated rings. The van der Waals surface area contributed by atoms with Crippen molar-refractivity contribution in [3.8, 4) is 5.75 Å². The van der Waals surface area contributed by atoms with Crippen LogP contribution in [0.3, 0.4) is 0 Å². The summed E-state index contributed by atoms with van der Waals surface area (Å²) in [5, 5.41) is 10.7. The van der Waals surface area contributed by atoms with E-state index in [1.165, 1.54) is 24.3 Å². The molecule has 23 heavy (non-hydrogen) atoms. The Bertz CT molecular complexity index is 833. The van der Waals surface area contributed by atoms with Crippen LogP contribution >= 0.6 is 0 Å². The lowest BCUT2D eigenvalue weighted by atomic mass is 10.3. The van der Waals surface area contributed by atoms with Crippen LogP contribution in [-0.2, 0) is 10.0 Å². The number of sulfonamides is 1.